The predicted octanol–water partition coefficient (Wildman–Crippen LogP) is 4.81. The van der Waals surface area contributed by atoms with Crippen molar-refractivity contribution in [3.8, 4) is 0 Å². The highest BCUT2D eigenvalue weighted by Gasteiger charge is 2.40. The average Bonchev–Trinajstić information content (AvgIpc) is 2.63. The Morgan fingerprint density at radius 2 is 1.63 bits per heavy atom. The van der Waals surface area contributed by atoms with Crippen LogP contribution in [0.2, 0.25) is 0 Å². The van der Waals surface area contributed by atoms with E-state index in [1.807, 2.05) is 37.3 Å². The third-order valence-electron chi connectivity index (χ3n) is 5.57. The molecule has 3 nitrogen and oxygen atoms in total. The third-order valence-corrected chi connectivity index (χ3v) is 7.43. The lowest BCUT2D eigenvalue weighted by Crippen LogP contribution is -2.47. The molecule has 2 aliphatic rings. The van der Waals surface area contributed by atoms with Gasteiger partial charge in [0, 0.05) is 12.6 Å². The Hall–Kier alpha value is -2.17. The maximum Gasteiger partial charge on any atom is 0.243 e. The van der Waals surface area contributed by atoms with Crippen LogP contribution < -0.4 is 0 Å². The summed E-state index contributed by atoms with van der Waals surface area (Å²) in [6.45, 7) is 6.60. The maximum atomic E-state index is 13.4. The lowest BCUT2D eigenvalue weighted by atomic mass is 9.75. The summed E-state index contributed by atoms with van der Waals surface area (Å²) >= 11 is 0. The Morgan fingerprint density at radius 3 is 2.26 bits per heavy atom. The van der Waals surface area contributed by atoms with Crippen LogP contribution in [0.25, 0.3) is 5.57 Å². The van der Waals surface area contributed by atoms with Crippen LogP contribution >= 0.6 is 0 Å². The van der Waals surface area contributed by atoms with E-state index in [1.165, 1.54) is 22.3 Å². The second-order valence-electron chi connectivity index (χ2n) is 7.79. The van der Waals surface area contributed by atoms with E-state index in [2.05, 4.69) is 32.1 Å². The minimum Gasteiger partial charge on any atom is -0.207 e. The first-order valence-corrected chi connectivity index (χ1v) is 10.9. The second-order valence-corrected chi connectivity index (χ2v) is 9.68. The number of aryl methyl sites for hydroxylation is 1. The lowest BCUT2D eigenvalue weighted by molar-refractivity contribution is 0.308. The molecular formula is C23H25NO2S. The van der Waals surface area contributed by atoms with Gasteiger partial charge in [0.1, 0.15) is 0 Å². The number of nitrogens with zero attached hydrogens (tertiary/aromatic N) is 1. The van der Waals surface area contributed by atoms with Crippen molar-refractivity contribution in [1.29, 1.82) is 0 Å². The predicted molar refractivity (Wildman–Crippen MR) is 110 cm³/mol. The summed E-state index contributed by atoms with van der Waals surface area (Å²) in [4.78, 5) is 0.372. The van der Waals surface area contributed by atoms with E-state index in [4.69, 9.17) is 0 Å². The van der Waals surface area contributed by atoms with Gasteiger partial charge in [0.2, 0.25) is 10.0 Å². The van der Waals surface area contributed by atoms with Gasteiger partial charge in [-0.15, -0.1) is 0 Å². The number of benzene rings is 2. The smallest absolute Gasteiger partial charge is 0.207 e. The van der Waals surface area contributed by atoms with Gasteiger partial charge in [-0.25, -0.2) is 8.42 Å². The molecule has 1 aliphatic heterocycles. The van der Waals surface area contributed by atoms with Gasteiger partial charge in [0.25, 0.3) is 0 Å². The fourth-order valence-corrected chi connectivity index (χ4v) is 5.60. The molecule has 0 saturated carbocycles. The minimum absolute atomic E-state index is 0.104. The Bertz CT molecular complexity index is 1020. The van der Waals surface area contributed by atoms with Crippen LogP contribution in [0.15, 0.2) is 76.7 Å². The molecule has 1 heterocycles. The summed E-state index contributed by atoms with van der Waals surface area (Å²) in [6, 6.07) is 17.3. The highest BCUT2D eigenvalue weighted by molar-refractivity contribution is 7.89. The van der Waals surface area contributed by atoms with Crippen molar-refractivity contribution in [2.24, 2.45) is 5.92 Å². The molecule has 140 valence electrons. The van der Waals surface area contributed by atoms with Gasteiger partial charge in [-0.3, -0.25) is 0 Å². The molecule has 2 aromatic carbocycles. The standard InChI is InChI=1S/C23H25NO2S/c1-16(2)23-14-19-13-21(18-7-5-4-6-8-18)22(19)15-24(23)27(25,26)20-11-9-17(3)10-12-20/h4-12,14,16,23H,13,15H2,1-3H3/t23-/m1/s1. The van der Waals surface area contributed by atoms with Crippen LogP contribution in [0.4, 0.5) is 0 Å². The fraction of sp³-hybridized carbons (Fsp3) is 0.304. The van der Waals surface area contributed by atoms with Crippen molar-refractivity contribution in [2.75, 3.05) is 6.54 Å². The van der Waals surface area contributed by atoms with Crippen molar-refractivity contribution < 1.29 is 8.42 Å². The second kappa shape index (κ2) is 6.77. The molecule has 0 bridgehead atoms. The highest BCUT2D eigenvalue weighted by atomic mass is 32.2. The molecule has 4 heteroatoms. The molecular weight excluding hydrogens is 354 g/mol. The number of fused-ring (bicyclic) bond motifs is 1. The quantitative estimate of drug-likeness (QED) is 0.765. The Kier molecular flexibility index (Phi) is 4.57. The zero-order valence-electron chi connectivity index (χ0n) is 16.0. The van der Waals surface area contributed by atoms with Gasteiger partial charge in [0.05, 0.1) is 4.90 Å². The number of allylic oxidation sites excluding steroid dienone is 1. The van der Waals surface area contributed by atoms with Crippen LogP contribution in [-0.4, -0.2) is 25.3 Å². The van der Waals surface area contributed by atoms with E-state index in [9.17, 15) is 8.42 Å². The summed E-state index contributed by atoms with van der Waals surface area (Å²) in [5.41, 5.74) is 6.01. The number of sulfonamides is 1. The van der Waals surface area contributed by atoms with E-state index < -0.39 is 10.0 Å². The molecule has 0 spiro atoms. The molecule has 0 amide bonds. The van der Waals surface area contributed by atoms with E-state index in [0.29, 0.717) is 11.4 Å². The number of hydrogen-bond donors (Lipinski definition) is 0. The zero-order valence-corrected chi connectivity index (χ0v) is 16.8. The molecule has 1 aliphatic carbocycles. The van der Waals surface area contributed by atoms with Crippen molar-refractivity contribution in [1.82, 2.24) is 4.31 Å². The van der Waals surface area contributed by atoms with Crippen molar-refractivity contribution >= 4 is 15.6 Å². The average molecular weight is 380 g/mol. The first-order chi connectivity index (χ1) is 12.9. The van der Waals surface area contributed by atoms with Gasteiger partial charge in [-0.1, -0.05) is 68.0 Å². The van der Waals surface area contributed by atoms with Gasteiger partial charge in [-0.2, -0.15) is 4.31 Å². The summed E-state index contributed by atoms with van der Waals surface area (Å²) in [5.74, 6) is 0.222. The maximum absolute atomic E-state index is 13.4. The molecule has 2 aromatic rings. The monoisotopic (exact) mass is 379 g/mol. The van der Waals surface area contributed by atoms with Crippen molar-refractivity contribution in [3.05, 3.63) is 82.9 Å². The lowest BCUT2D eigenvalue weighted by Gasteiger charge is -2.42. The molecule has 1 atom stereocenters. The van der Waals surface area contributed by atoms with Crippen LogP contribution in [0.5, 0.6) is 0 Å². The highest BCUT2D eigenvalue weighted by Crippen LogP contribution is 2.45. The fourth-order valence-electron chi connectivity index (χ4n) is 3.93. The molecule has 0 radical (unpaired) electrons. The van der Waals surface area contributed by atoms with Crippen LogP contribution in [0.1, 0.15) is 31.4 Å². The first kappa shape index (κ1) is 18.2. The zero-order chi connectivity index (χ0) is 19.2. The van der Waals surface area contributed by atoms with Crippen LogP contribution in [-0.2, 0) is 10.0 Å². The van der Waals surface area contributed by atoms with E-state index in [-0.39, 0.29) is 12.0 Å². The third kappa shape index (κ3) is 3.17. The summed E-state index contributed by atoms with van der Waals surface area (Å²) < 4.78 is 28.5. The molecule has 0 aromatic heterocycles. The summed E-state index contributed by atoms with van der Waals surface area (Å²) in [5, 5.41) is 0. The topological polar surface area (TPSA) is 37.4 Å². The Morgan fingerprint density at radius 1 is 0.963 bits per heavy atom. The molecule has 0 fully saturated rings. The normalized spacial score (nSPS) is 20.3. The molecule has 4 rings (SSSR count). The summed E-state index contributed by atoms with van der Waals surface area (Å²) in [7, 11) is -3.55. The minimum atomic E-state index is -3.55. The Labute approximate surface area is 162 Å². The van der Waals surface area contributed by atoms with Gasteiger partial charge in [-0.05, 0) is 53.7 Å². The first-order valence-electron chi connectivity index (χ1n) is 9.45. The molecule has 0 unspecified atom stereocenters. The van der Waals surface area contributed by atoms with Gasteiger partial charge in [0.15, 0.2) is 0 Å². The molecule has 0 N–H and O–H groups in total. The summed E-state index contributed by atoms with van der Waals surface area (Å²) in [6.07, 6.45) is 3.10. The van der Waals surface area contributed by atoms with Crippen molar-refractivity contribution in [3.63, 3.8) is 0 Å². The number of hydrogen-bond acceptors (Lipinski definition) is 2. The van der Waals surface area contributed by atoms with E-state index >= 15 is 0 Å². The van der Waals surface area contributed by atoms with Gasteiger partial charge >= 0.3 is 0 Å². The molecule has 0 saturated heterocycles. The SMILES string of the molecule is Cc1ccc(S(=O)(=O)N2CC3=C(c4ccccc4)CC3=C[C@@H]2C(C)C)cc1. The van der Waals surface area contributed by atoms with Crippen molar-refractivity contribution in [2.45, 2.75) is 38.1 Å². The Balaban J connectivity index is 1.76. The number of rotatable bonds is 4. The largest absolute Gasteiger partial charge is 0.243 e. The van der Waals surface area contributed by atoms with Gasteiger partial charge < -0.3 is 0 Å². The molecule has 27 heavy (non-hydrogen) atoms. The van der Waals surface area contributed by atoms with Crippen LogP contribution in [0.3, 0.4) is 0 Å². The van der Waals surface area contributed by atoms with Crippen LogP contribution in [0, 0.1) is 12.8 Å². The van der Waals surface area contributed by atoms with E-state index in [0.717, 1.165) is 12.0 Å². The van der Waals surface area contributed by atoms with E-state index in [1.54, 1.807) is 16.4 Å².